The molecule has 1 aromatic heterocycles. The predicted molar refractivity (Wildman–Crippen MR) is 73.4 cm³/mol. The fourth-order valence-electron chi connectivity index (χ4n) is 1.61. The molecule has 100 valence electrons. The van der Waals surface area contributed by atoms with E-state index in [2.05, 4.69) is 20.5 Å². The highest BCUT2D eigenvalue weighted by molar-refractivity contribution is 5.96. The lowest BCUT2D eigenvalue weighted by Crippen LogP contribution is -2.26. The van der Waals surface area contributed by atoms with Gasteiger partial charge in [-0.25, -0.2) is 4.98 Å². The van der Waals surface area contributed by atoms with Crippen molar-refractivity contribution >= 4 is 11.6 Å². The van der Waals surface area contributed by atoms with Gasteiger partial charge in [0.05, 0.1) is 5.69 Å². The van der Waals surface area contributed by atoms with Gasteiger partial charge in [0.25, 0.3) is 0 Å². The molecule has 2 rings (SSSR count). The van der Waals surface area contributed by atoms with Crippen molar-refractivity contribution in [3.05, 3.63) is 30.1 Å². The Balaban J connectivity index is 2.29. The van der Waals surface area contributed by atoms with Crippen molar-refractivity contribution in [2.24, 2.45) is 11.7 Å². The Labute approximate surface area is 111 Å². The van der Waals surface area contributed by atoms with Crippen molar-refractivity contribution < 1.29 is 4.79 Å². The van der Waals surface area contributed by atoms with Crippen molar-refractivity contribution in [1.29, 1.82) is 0 Å². The van der Waals surface area contributed by atoms with E-state index in [0.717, 1.165) is 11.4 Å². The summed E-state index contributed by atoms with van der Waals surface area (Å²) < 4.78 is 0. The number of hydrogen-bond acceptors (Lipinski definition) is 4. The number of amides is 1. The summed E-state index contributed by atoms with van der Waals surface area (Å²) in [5.41, 5.74) is 6.96. The minimum atomic E-state index is -0.234. The summed E-state index contributed by atoms with van der Waals surface area (Å²) in [6, 6.07) is 7.42. The Hall–Kier alpha value is -2.21. The minimum Gasteiger partial charge on any atom is -0.330 e. The van der Waals surface area contributed by atoms with Gasteiger partial charge in [0, 0.05) is 18.0 Å². The molecule has 4 N–H and O–H groups in total. The van der Waals surface area contributed by atoms with Crippen molar-refractivity contribution in [2.75, 3.05) is 11.9 Å². The largest absolute Gasteiger partial charge is 0.330 e. The Morgan fingerprint density at radius 1 is 1.47 bits per heavy atom. The third kappa shape index (κ3) is 2.97. The number of anilines is 1. The normalized spacial score (nSPS) is 12.2. The molecule has 0 fully saturated rings. The number of aromatic amines is 1. The maximum absolute atomic E-state index is 11.9. The molecular weight excluding hydrogens is 242 g/mol. The molecule has 0 saturated carbocycles. The van der Waals surface area contributed by atoms with Crippen LogP contribution in [-0.2, 0) is 4.79 Å². The van der Waals surface area contributed by atoms with E-state index in [1.807, 2.05) is 31.2 Å². The topological polar surface area (TPSA) is 96.7 Å². The van der Waals surface area contributed by atoms with E-state index < -0.39 is 0 Å². The number of carbonyl (C=O) groups is 1. The van der Waals surface area contributed by atoms with Crippen LogP contribution >= 0.6 is 0 Å². The number of carbonyl (C=O) groups excluding carboxylic acids is 1. The molecule has 1 atom stereocenters. The molecule has 1 aromatic carbocycles. The van der Waals surface area contributed by atoms with E-state index in [9.17, 15) is 4.79 Å². The average Bonchev–Trinajstić information content (AvgIpc) is 2.85. The van der Waals surface area contributed by atoms with Gasteiger partial charge in [-0.05, 0) is 19.1 Å². The van der Waals surface area contributed by atoms with Gasteiger partial charge in [-0.3, -0.25) is 9.89 Å². The molecule has 0 radical (unpaired) electrons. The van der Waals surface area contributed by atoms with Crippen LogP contribution in [0.5, 0.6) is 0 Å². The monoisotopic (exact) mass is 259 g/mol. The lowest BCUT2D eigenvalue weighted by Gasteiger charge is -2.12. The van der Waals surface area contributed by atoms with Crippen molar-refractivity contribution in [1.82, 2.24) is 15.2 Å². The van der Waals surface area contributed by atoms with Crippen molar-refractivity contribution in [3.63, 3.8) is 0 Å². The van der Waals surface area contributed by atoms with Crippen molar-refractivity contribution in [2.45, 2.75) is 13.8 Å². The second-order valence-electron chi connectivity index (χ2n) is 4.42. The van der Waals surface area contributed by atoms with E-state index in [1.54, 1.807) is 6.92 Å². The molecule has 1 unspecified atom stereocenters. The van der Waals surface area contributed by atoms with Crippen LogP contribution in [0.4, 0.5) is 5.69 Å². The number of hydrogen-bond donors (Lipinski definition) is 3. The number of nitrogens with zero attached hydrogens (tertiary/aromatic N) is 2. The Morgan fingerprint density at radius 2 is 2.21 bits per heavy atom. The zero-order chi connectivity index (χ0) is 13.8. The quantitative estimate of drug-likeness (QED) is 0.771. The van der Waals surface area contributed by atoms with Gasteiger partial charge < -0.3 is 11.1 Å². The maximum atomic E-state index is 11.9. The van der Waals surface area contributed by atoms with Crippen LogP contribution < -0.4 is 11.1 Å². The lowest BCUT2D eigenvalue weighted by molar-refractivity contribution is -0.119. The van der Waals surface area contributed by atoms with Crippen LogP contribution in [-0.4, -0.2) is 27.6 Å². The number of para-hydroxylation sites is 1. The fraction of sp³-hybridized carbons (Fsp3) is 0.308. The highest BCUT2D eigenvalue weighted by Gasteiger charge is 2.15. The molecule has 0 bridgehead atoms. The molecule has 2 aromatic rings. The number of rotatable bonds is 4. The van der Waals surface area contributed by atoms with Gasteiger partial charge in [0.15, 0.2) is 5.82 Å². The number of H-pyrrole nitrogens is 1. The number of nitrogens with two attached hydrogens (primary N) is 1. The predicted octanol–water partition coefficient (Wildman–Crippen LogP) is 1.31. The smallest absolute Gasteiger partial charge is 0.228 e. The second kappa shape index (κ2) is 5.62. The molecule has 0 aliphatic heterocycles. The Morgan fingerprint density at radius 3 is 2.84 bits per heavy atom. The van der Waals surface area contributed by atoms with Gasteiger partial charge in [0.2, 0.25) is 5.91 Å². The molecule has 6 heteroatoms. The van der Waals surface area contributed by atoms with Crippen LogP contribution in [0.15, 0.2) is 24.3 Å². The first-order valence-corrected chi connectivity index (χ1v) is 6.11. The van der Waals surface area contributed by atoms with E-state index in [-0.39, 0.29) is 11.8 Å². The molecule has 1 heterocycles. The fourth-order valence-corrected chi connectivity index (χ4v) is 1.61. The SMILES string of the molecule is Cc1nc(-c2ccccc2NC(=O)C(C)CN)n[nH]1. The van der Waals surface area contributed by atoms with Crippen LogP contribution in [0, 0.1) is 12.8 Å². The highest BCUT2D eigenvalue weighted by Crippen LogP contribution is 2.25. The van der Waals surface area contributed by atoms with E-state index in [0.29, 0.717) is 18.1 Å². The second-order valence-corrected chi connectivity index (χ2v) is 4.42. The highest BCUT2D eigenvalue weighted by atomic mass is 16.1. The molecule has 0 spiro atoms. The van der Waals surface area contributed by atoms with Gasteiger partial charge in [-0.15, -0.1) is 0 Å². The van der Waals surface area contributed by atoms with Crippen LogP contribution in [0.1, 0.15) is 12.7 Å². The first kappa shape index (κ1) is 13.2. The number of benzene rings is 1. The first-order chi connectivity index (χ1) is 9.11. The molecule has 0 aliphatic carbocycles. The first-order valence-electron chi connectivity index (χ1n) is 6.11. The zero-order valence-electron chi connectivity index (χ0n) is 11.0. The summed E-state index contributed by atoms with van der Waals surface area (Å²) >= 11 is 0. The number of aromatic nitrogens is 3. The van der Waals surface area contributed by atoms with E-state index >= 15 is 0 Å². The summed E-state index contributed by atoms with van der Waals surface area (Å²) in [6.07, 6.45) is 0. The summed E-state index contributed by atoms with van der Waals surface area (Å²) in [5.74, 6) is 0.949. The molecule has 1 amide bonds. The molecule has 19 heavy (non-hydrogen) atoms. The summed E-state index contributed by atoms with van der Waals surface area (Å²) in [6.45, 7) is 3.93. The van der Waals surface area contributed by atoms with Crippen LogP contribution in [0.25, 0.3) is 11.4 Å². The van der Waals surface area contributed by atoms with Crippen LogP contribution in [0.2, 0.25) is 0 Å². The summed E-state index contributed by atoms with van der Waals surface area (Å²) in [4.78, 5) is 16.2. The van der Waals surface area contributed by atoms with E-state index in [4.69, 9.17) is 5.73 Å². The Bertz CT molecular complexity index is 578. The average molecular weight is 259 g/mol. The summed E-state index contributed by atoms with van der Waals surface area (Å²) in [7, 11) is 0. The minimum absolute atomic E-state index is 0.109. The van der Waals surface area contributed by atoms with Gasteiger partial charge in [-0.1, -0.05) is 19.1 Å². The van der Waals surface area contributed by atoms with Gasteiger partial charge >= 0.3 is 0 Å². The van der Waals surface area contributed by atoms with Crippen molar-refractivity contribution in [3.8, 4) is 11.4 Å². The number of nitrogens with one attached hydrogen (secondary N) is 2. The summed E-state index contributed by atoms with van der Waals surface area (Å²) in [5, 5.41) is 9.75. The van der Waals surface area contributed by atoms with E-state index in [1.165, 1.54) is 0 Å². The zero-order valence-corrected chi connectivity index (χ0v) is 11.0. The maximum Gasteiger partial charge on any atom is 0.228 e. The third-order valence-corrected chi connectivity index (χ3v) is 2.82. The third-order valence-electron chi connectivity index (χ3n) is 2.82. The van der Waals surface area contributed by atoms with Gasteiger partial charge in [-0.2, -0.15) is 5.10 Å². The lowest BCUT2D eigenvalue weighted by atomic mass is 10.1. The molecule has 6 nitrogen and oxygen atoms in total. The van der Waals surface area contributed by atoms with Gasteiger partial charge in [0.1, 0.15) is 5.82 Å². The number of aryl methyl sites for hydroxylation is 1. The van der Waals surface area contributed by atoms with Crippen LogP contribution in [0.3, 0.4) is 0 Å². The Kier molecular flexibility index (Phi) is 3.91. The standard InChI is InChI=1S/C13H17N5O/c1-8(7-14)13(19)16-11-6-4-3-5-10(11)12-15-9(2)17-18-12/h3-6,8H,7,14H2,1-2H3,(H,16,19)(H,15,17,18). The molecule has 0 saturated heterocycles. The molecule has 0 aliphatic rings. The molecular formula is C13H17N5O.